The predicted octanol–water partition coefficient (Wildman–Crippen LogP) is 1.48. The molecule has 0 spiro atoms. The Balaban J connectivity index is 1.42. The third kappa shape index (κ3) is 2.87. The molecule has 7 nitrogen and oxygen atoms in total. The Labute approximate surface area is 139 Å². The van der Waals surface area contributed by atoms with E-state index in [1.54, 1.807) is 0 Å². The Morgan fingerprint density at radius 1 is 1.42 bits per heavy atom. The van der Waals surface area contributed by atoms with Crippen LogP contribution >= 0.6 is 0 Å². The lowest BCUT2D eigenvalue weighted by molar-refractivity contribution is 0.0987. The van der Waals surface area contributed by atoms with Crippen molar-refractivity contribution in [1.29, 1.82) is 0 Å². The fraction of sp³-hybridized carbons (Fsp3) is 0.471. The van der Waals surface area contributed by atoms with Crippen molar-refractivity contribution in [2.45, 2.75) is 31.7 Å². The van der Waals surface area contributed by atoms with Crippen LogP contribution in [0.1, 0.15) is 46.5 Å². The van der Waals surface area contributed by atoms with Crippen LogP contribution in [0.15, 0.2) is 22.7 Å². The van der Waals surface area contributed by atoms with Crippen molar-refractivity contribution in [2.24, 2.45) is 5.73 Å². The molecule has 126 valence electrons. The lowest BCUT2D eigenvalue weighted by Crippen LogP contribution is -2.26. The highest BCUT2D eigenvalue weighted by Gasteiger charge is 2.31. The van der Waals surface area contributed by atoms with Gasteiger partial charge in [-0.3, -0.25) is 9.69 Å². The standard InChI is InChI=1S/C17H20N4O3/c18-15(22)16-19-17(24-20-16)13-2-1-7-21(13)8-5-11-3-4-14-12(10-11)6-9-23-14/h3-4,10,13H,1-2,5-9H2,(H2,18,22)/t13-/m1/s1. The summed E-state index contributed by atoms with van der Waals surface area (Å²) >= 11 is 0. The molecular formula is C17H20N4O3. The summed E-state index contributed by atoms with van der Waals surface area (Å²) in [6.07, 6.45) is 3.99. The van der Waals surface area contributed by atoms with E-state index in [1.165, 1.54) is 11.1 Å². The van der Waals surface area contributed by atoms with E-state index >= 15 is 0 Å². The molecule has 3 heterocycles. The first kappa shape index (κ1) is 15.1. The minimum absolute atomic E-state index is 0.0459. The summed E-state index contributed by atoms with van der Waals surface area (Å²) in [4.78, 5) is 17.6. The average molecular weight is 328 g/mol. The lowest BCUT2D eigenvalue weighted by atomic mass is 10.1. The van der Waals surface area contributed by atoms with Gasteiger partial charge in [0, 0.05) is 13.0 Å². The zero-order valence-electron chi connectivity index (χ0n) is 13.4. The number of primary amides is 1. The van der Waals surface area contributed by atoms with Gasteiger partial charge < -0.3 is 15.0 Å². The highest BCUT2D eigenvalue weighted by Crippen LogP contribution is 2.31. The molecule has 0 radical (unpaired) electrons. The smallest absolute Gasteiger partial charge is 0.290 e. The van der Waals surface area contributed by atoms with Crippen molar-refractivity contribution >= 4 is 5.91 Å². The Hall–Kier alpha value is -2.41. The number of hydrogen-bond acceptors (Lipinski definition) is 6. The van der Waals surface area contributed by atoms with E-state index in [1.807, 2.05) is 0 Å². The zero-order chi connectivity index (χ0) is 16.5. The fourth-order valence-electron chi connectivity index (χ4n) is 3.51. The van der Waals surface area contributed by atoms with Crippen LogP contribution < -0.4 is 10.5 Å². The molecule has 1 aromatic heterocycles. The molecule has 2 aromatic rings. The number of amides is 1. The summed E-state index contributed by atoms with van der Waals surface area (Å²) in [7, 11) is 0. The maximum Gasteiger partial charge on any atom is 0.290 e. The molecule has 1 fully saturated rings. The maximum absolute atomic E-state index is 11.1. The number of carbonyl (C=O) groups excluding carboxylic acids is 1. The highest BCUT2D eigenvalue weighted by molar-refractivity contribution is 5.88. The number of rotatable bonds is 5. The maximum atomic E-state index is 11.1. The third-order valence-electron chi connectivity index (χ3n) is 4.75. The van der Waals surface area contributed by atoms with Gasteiger partial charge in [0.25, 0.3) is 11.7 Å². The van der Waals surface area contributed by atoms with Gasteiger partial charge in [-0.1, -0.05) is 17.3 Å². The van der Waals surface area contributed by atoms with Gasteiger partial charge in [0.2, 0.25) is 5.89 Å². The van der Waals surface area contributed by atoms with E-state index in [2.05, 4.69) is 33.2 Å². The second-order valence-electron chi connectivity index (χ2n) is 6.31. The van der Waals surface area contributed by atoms with Gasteiger partial charge >= 0.3 is 0 Å². The van der Waals surface area contributed by atoms with Gasteiger partial charge in [0.1, 0.15) is 5.75 Å². The quantitative estimate of drug-likeness (QED) is 0.893. The molecule has 1 aromatic carbocycles. The number of aromatic nitrogens is 2. The Kier molecular flexibility index (Phi) is 3.93. The summed E-state index contributed by atoms with van der Waals surface area (Å²) in [5, 5.41) is 3.65. The number of nitrogens with two attached hydrogens (primary N) is 1. The monoisotopic (exact) mass is 328 g/mol. The molecule has 0 saturated carbocycles. The van der Waals surface area contributed by atoms with E-state index in [0.717, 1.165) is 51.1 Å². The van der Waals surface area contributed by atoms with E-state index in [0.29, 0.717) is 5.89 Å². The van der Waals surface area contributed by atoms with E-state index < -0.39 is 5.91 Å². The SMILES string of the molecule is NC(=O)c1noc([C@H]2CCCN2CCc2ccc3c(c2)CCO3)n1. The number of carbonyl (C=O) groups is 1. The fourth-order valence-corrected chi connectivity index (χ4v) is 3.51. The number of fused-ring (bicyclic) bond motifs is 1. The Bertz CT molecular complexity index is 758. The average Bonchev–Trinajstić information content (AvgIpc) is 3.30. The van der Waals surface area contributed by atoms with Crippen molar-refractivity contribution in [2.75, 3.05) is 19.7 Å². The van der Waals surface area contributed by atoms with Gasteiger partial charge in [0.05, 0.1) is 12.6 Å². The number of nitrogens with zero attached hydrogens (tertiary/aromatic N) is 3. The molecular weight excluding hydrogens is 308 g/mol. The van der Waals surface area contributed by atoms with Gasteiger partial charge in [0.15, 0.2) is 0 Å². The van der Waals surface area contributed by atoms with Gasteiger partial charge in [-0.2, -0.15) is 4.98 Å². The van der Waals surface area contributed by atoms with Gasteiger partial charge in [-0.05, 0) is 43.0 Å². The van der Waals surface area contributed by atoms with E-state index in [9.17, 15) is 4.79 Å². The van der Waals surface area contributed by atoms with Crippen LogP contribution in [-0.4, -0.2) is 40.6 Å². The molecule has 24 heavy (non-hydrogen) atoms. The second kappa shape index (κ2) is 6.24. The van der Waals surface area contributed by atoms with Crippen LogP contribution in [0.5, 0.6) is 5.75 Å². The largest absolute Gasteiger partial charge is 0.493 e. The van der Waals surface area contributed by atoms with Crippen molar-refractivity contribution in [3.63, 3.8) is 0 Å². The molecule has 2 aliphatic rings. The molecule has 0 unspecified atom stereocenters. The molecule has 1 amide bonds. The number of benzene rings is 1. The van der Waals surface area contributed by atoms with E-state index in [4.69, 9.17) is 15.0 Å². The first-order valence-electron chi connectivity index (χ1n) is 8.33. The summed E-state index contributed by atoms with van der Waals surface area (Å²) < 4.78 is 10.8. The van der Waals surface area contributed by atoms with Gasteiger partial charge in [-0.15, -0.1) is 0 Å². The molecule has 0 aliphatic carbocycles. The third-order valence-corrected chi connectivity index (χ3v) is 4.75. The number of hydrogen-bond donors (Lipinski definition) is 1. The van der Waals surface area contributed by atoms with Crippen LogP contribution in [0.25, 0.3) is 0 Å². The normalized spacial score (nSPS) is 20.1. The van der Waals surface area contributed by atoms with Crippen LogP contribution in [0.3, 0.4) is 0 Å². The lowest BCUT2D eigenvalue weighted by Gasteiger charge is -2.21. The molecule has 1 atom stereocenters. The molecule has 1 saturated heterocycles. The number of ether oxygens (including phenoxy) is 1. The van der Waals surface area contributed by atoms with Crippen LogP contribution in [0, 0.1) is 0 Å². The minimum atomic E-state index is -0.657. The topological polar surface area (TPSA) is 94.5 Å². The number of likely N-dealkylation sites (tertiary alicyclic amines) is 1. The Morgan fingerprint density at radius 3 is 3.17 bits per heavy atom. The summed E-state index contributed by atoms with van der Waals surface area (Å²) in [5.41, 5.74) is 7.80. The van der Waals surface area contributed by atoms with Crippen molar-refractivity contribution in [3.05, 3.63) is 41.0 Å². The molecule has 0 bridgehead atoms. The van der Waals surface area contributed by atoms with Crippen LogP contribution in [0.4, 0.5) is 0 Å². The summed E-state index contributed by atoms with van der Waals surface area (Å²) in [5.74, 6) is 0.802. The minimum Gasteiger partial charge on any atom is -0.493 e. The van der Waals surface area contributed by atoms with Crippen LogP contribution in [0.2, 0.25) is 0 Å². The zero-order valence-corrected chi connectivity index (χ0v) is 13.4. The summed E-state index contributed by atoms with van der Waals surface area (Å²) in [6.45, 7) is 2.69. The second-order valence-corrected chi connectivity index (χ2v) is 6.31. The predicted molar refractivity (Wildman–Crippen MR) is 85.7 cm³/mol. The first-order valence-corrected chi connectivity index (χ1v) is 8.33. The first-order chi connectivity index (χ1) is 11.7. The molecule has 2 aliphatic heterocycles. The molecule has 2 N–H and O–H groups in total. The molecule has 4 rings (SSSR count). The Morgan fingerprint density at radius 2 is 2.33 bits per heavy atom. The van der Waals surface area contributed by atoms with Gasteiger partial charge in [-0.25, -0.2) is 0 Å². The van der Waals surface area contributed by atoms with Crippen molar-refractivity contribution < 1.29 is 14.1 Å². The van der Waals surface area contributed by atoms with Crippen molar-refractivity contribution in [3.8, 4) is 5.75 Å². The summed E-state index contributed by atoms with van der Waals surface area (Å²) in [6, 6.07) is 6.51. The van der Waals surface area contributed by atoms with Crippen LogP contribution in [-0.2, 0) is 12.8 Å². The molecule has 7 heteroatoms. The van der Waals surface area contributed by atoms with Crippen molar-refractivity contribution in [1.82, 2.24) is 15.0 Å². The van der Waals surface area contributed by atoms with E-state index in [-0.39, 0.29) is 11.9 Å². The highest BCUT2D eigenvalue weighted by atomic mass is 16.5.